The molecular formula is C22H20O2. The minimum atomic E-state index is -0.314. The van der Waals surface area contributed by atoms with Crippen LogP contribution in [0.4, 0.5) is 0 Å². The van der Waals surface area contributed by atoms with Gasteiger partial charge in [-0.2, -0.15) is 0 Å². The lowest BCUT2D eigenvalue weighted by molar-refractivity contribution is 0.0456. The summed E-state index contributed by atoms with van der Waals surface area (Å²) in [5.41, 5.74) is 4.04. The fraction of sp³-hybridized carbons (Fsp3) is 0.227. The average Bonchev–Trinajstić information content (AvgIpc) is 2.88. The highest BCUT2D eigenvalue weighted by Crippen LogP contribution is 2.38. The van der Waals surface area contributed by atoms with Crippen LogP contribution in [0.15, 0.2) is 60.7 Å². The summed E-state index contributed by atoms with van der Waals surface area (Å²) < 4.78 is 5.68. The minimum absolute atomic E-state index is 0.110. The predicted octanol–water partition coefficient (Wildman–Crippen LogP) is 5.40. The molecule has 0 saturated heterocycles. The summed E-state index contributed by atoms with van der Waals surface area (Å²) in [5.74, 6) is -0.236. The Labute approximate surface area is 142 Å². The number of carbonyl (C=O) groups is 1. The molecule has 1 aliphatic rings. The number of fused-ring (bicyclic) bond motifs is 2. The van der Waals surface area contributed by atoms with Gasteiger partial charge in [-0.15, -0.1) is 0 Å². The maximum absolute atomic E-state index is 12.3. The second-order valence-corrected chi connectivity index (χ2v) is 7.44. The number of carbonyl (C=O) groups excluding carboxylic acids is 1. The average molecular weight is 316 g/mol. The van der Waals surface area contributed by atoms with Crippen LogP contribution in [0.5, 0.6) is 0 Å². The second-order valence-electron chi connectivity index (χ2n) is 7.44. The molecule has 0 amide bonds. The smallest absolute Gasteiger partial charge is 0.339 e. The molecule has 0 aromatic heterocycles. The van der Waals surface area contributed by atoms with Gasteiger partial charge in [0.1, 0.15) is 0 Å². The summed E-state index contributed by atoms with van der Waals surface area (Å²) in [4.78, 5) is 12.3. The molecule has 0 saturated carbocycles. The van der Waals surface area contributed by atoms with Gasteiger partial charge in [0.15, 0.2) is 6.10 Å². The first-order valence-electron chi connectivity index (χ1n) is 8.27. The Bertz CT molecular complexity index is 930. The van der Waals surface area contributed by atoms with Crippen LogP contribution < -0.4 is 0 Å². The second kappa shape index (κ2) is 5.20. The molecule has 0 fully saturated rings. The van der Waals surface area contributed by atoms with Crippen molar-refractivity contribution in [2.45, 2.75) is 32.3 Å². The van der Waals surface area contributed by atoms with Crippen LogP contribution in [0.25, 0.3) is 10.8 Å². The van der Waals surface area contributed by atoms with E-state index in [-0.39, 0.29) is 17.5 Å². The summed E-state index contributed by atoms with van der Waals surface area (Å²) in [7, 11) is 0. The van der Waals surface area contributed by atoms with Crippen LogP contribution >= 0.6 is 0 Å². The van der Waals surface area contributed by atoms with Crippen molar-refractivity contribution in [3.05, 3.63) is 82.9 Å². The fourth-order valence-corrected chi connectivity index (χ4v) is 3.29. The number of ether oxygens (including phenoxy) is 1. The first-order valence-corrected chi connectivity index (χ1v) is 8.27. The van der Waals surface area contributed by atoms with Crippen LogP contribution in [0, 0.1) is 0 Å². The van der Waals surface area contributed by atoms with Crippen molar-refractivity contribution < 1.29 is 9.53 Å². The molecule has 24 heavy (non-hydrogen) atoms. The Balaban J connectivity index is 1.79. The molecule has 1 unspecified atom stereocenters. The molecule has 120 valence electrons. The Morgan fingerprint density at radius 1 is 0.875 bits per heavy atom. The fourth-order valence-electron chi connectivity index (χ4n) is 3.29. The van der Waals surface area contributed by atoms with Gasteiger partial charge >= 0.3 is 5.97 Å². The molecule has 1 aliphatic heterocycles. The monoisotopic (exact) mass is 316 g/mol. The first kappa shape index (κ1) is 14.9. The van der Waals surface area contributed by atoms with E-state index in [1.165, 1.54) is 5.56 Å². The molecule has 3 aromatic rings. The van der Waals surface area contributed by atoms with Gasteiger partial charge in [0.05, 0.1) is 5.56 Å². The van der Waals surface area contributed by atoms with Crippen molar-refractivity contribution >= 4 is 16.7 Å². The molecule has 2 heteroatoms. The van der Waals surface area contributed by atoms with Crippen molar-refractivity contribution in [2.24, 2.45) is 0 Å². The van der Waals surface area contributed by atoms with E-state index in [1.807, 2.05) is 24.3 Å². The van der Waals surface area contributed by atoms with E-state index in [2.05, 4.69) is 57.2 Å². The lowest BCUT2D eigenvalue weighted by Crippen LogP contribution is -2.11. The summed E-state index contributed by atoms with van der Waals surface area (Å²) in [6.07, 6.45) is -0.314. The molecule has 0 radical (unpaired) electrons. The van der Waals surface area contributed by atoms with Crippen LogP contribution in [0.3, 0.4) is 0 Å². The first-order chi connectivity index (χ1) is 11.4. The number of esters is 1. The zero-order valence-corrected chi connectivity index (χ0v) is 14.2. The standard InChI is InChI=1S/C22H20O2/c1-22(2,3)17-10-8-14(9-11-17)20-18-12-15-6-4-5-7-16(15)13-19(18)21(23)24-20/h4-13,20H,1-3H3. The molecular weight excluding hydrogens is 296 g/mol. The van der Waals surface area contributed by atoms with Crippen molar-refractivity contribution in [1.82, 2.24) is 0 Å². The SMILES string of the molecule is CC(C)(C)c1ccc(C2OC(=O)c3cc4ccccc4cc32)cc1. The van der Waals surface area contributed by atoms with E-state index in [1.54, 1.807) is 0 Å². The van der Waals surface area contributed by atoms with Gasteiger partial charge in [0, 0.05) is 5.56 Å². The van der Waals surface area contributed by atoms with Crippen LogP contribution in [0.1, 0.15) is 53.9 Å². The van der Waals surface area contributed by atoms with E-state index < -0.39 is 0 Å². The molecule has 1 atom stereocenters. The van der Waals surface area contributed by atoms with Crippen molar-refractivity contribution in [1.29, 1.82) is 0 Å². The summed E-state index contributed by atoms with van der Waals surface area (Å²) in [6.45, 7) is 6.58. The third-order valence-corrected chi connectivity index (χ3v) is 4.72. The van der Waals surface area contributed by atoms with Crippen LogP contribution in [-0.4, -0.2) is 5.97 Å². The molecule has 2 nitrogen and oxygen atoms in total. The lowest BCUT2D eigenvalue weighted by Gasteiger charge is -2.20. The number of hydrogen-bond donors (Lipinski definition) is 0. The van der Waals surface area contributed by atoms with E-state index in [0.717, 1.165) is 21.9 Å². The Kier molecular flexibility index (Phi) is 3.24. The number of rotatable bonds is 1. The normalized spacial score (nSPS) is 17.0. The number of hydrogen-bond acceptors (Lipinski definition) is 2. The van der Waals surface area contributed by atoms with Gasteiger partial charge in [-0.25, -0.2) is 4.79 Å². The number of cyclic esters (lactones) is 1. The molecule has 0 bridgehead atoms. The molecule has 0 spiro atoms. The maximum Gasteiger partial charge on any atom is 0.339 e. The van der Waals surface area contributed by atoms with E-state index in [0.29, 0.717) is 5.56 Å². The zero-order valence-electron chi connectivity index (χ0n) is 14.2. The van der Waals surface area contributed by atoms with Gasteiger partial charge in [-0.05, 0) is 39.4 Å². The van der Waals surface area contributed by atoms with Gasteiger partial charge < -0.3 is 4.74 Å². The highest BCUT2D eigenvalue weighted by Gasteiger charge is 2.32. The van der Waals surface area contributed by atoms with E-state index in [4.69, 9.17) is 4.74 Å². The highest BCUT2D eigenvalue weighted by atomic mass is 16.5. The van der Waals surface area contributed by atoms with Gasteiger partial charge in [-0.1, -0.05) is 69.3 Å². The lowest BCUT2D eigenvalue weighted by atomic mass is 9.86. The van der Waals surface area contributed by atoms with E-state index in [9.17, 15) is 4.79 Å². The zero-order chi connectivity index (χ0) is 16.9. The predicted molar refractivity (Wildman–Crippen MR) is 96.3 cm³/mol. The summed E-state index contributed by atoms with van der Waals surface area (Å²) >= 11 is 0. The van der Waals surface area contributed by atoms with Crippen molar-refractivity contribution in [3.8, 4) is 0 Å². The molecule has 0 aliphatic carbocycles. The highest BCUT2D eigenvalue weighted by molar-refractivity contribution is 6.00. The third-order valence-electron chi connectivity index (χ3n) is 4.72. The van der Waals surface area contributed by atoms with Crippen LogP contribution in [0.2, 0.25) is 0 Å². The third kappa shape index (κ3) is 2.39. The summed E-state index contributed by atoms with van der Waals surface area (Å²) in [6, 6.07) is 20.5. The molecule has 1 heterocycles. The van der Waals surface area contributed by atoms with Crippen LogP contribution in [-0.2, 0) is 10.2 Å². The molecule has 0 N–H and O–H groups in total. The Morgan fingerprint density at radius 2 is 1.50 bits per heavy atom. The molecule has 4 rings (SSSR count). The van der Waals surface area contributed by atoms with Crippen molar-refractivity contribution in [2.75, 3.05) is 0 Å². The Hall–Kier alpha value is -2.61. The van der Waals surface area contributed by atoms with Gasteiger partial charge in [-0.3, -0.25) is 0 Å². The minimum Gasteiger partial charge on any atom is -0.449 e. The largest absolute Gasteiger partial charge is 0.449 e. The number of benzene rings is 3. The molecule has 3 aromatic carbocycles. The Morgan fingerprint density at radius 3 is 2.12 bits per heavy atom. The van der Waals surface area contributed by atoms with Crippen molar-refractivity contribution in [3.63, 3.8) is 0 Å². The van der Waals surface area contributed by atoms with Gasteiger partial charge in [0.2, 0.25) is 0 Å². The van der Waals surface area contributed by atoms with E-state index >= 15 is 0 Å². The quantitative estimate of drug-likeness (QED) is 0.562. The van der Waals surface area contributed by atoms with Gasteiger partial charge in [0.25, 0.3) is 0 Å². The maximum atomic E-state index is 12.3. The summed E-state index contributed by atoms with van der Waals surface area (Å²) in [5, 5.41) is 2.20. The topological polar surface area (TPSA) is 26.3 Å².